The molecule has 1 fully saturated rings. The lowest BCUT2D eigenvalue weighted by Gasteiger charge is -2.42. The van der Waals surface area contributed by atoms with Gasteiger partial charge >= 0.3 is 6.03 Å². The molecule has 2 aliphatic rings. The van der Waals surface area contributed by atoms with Crippen molar-refractivity contribution in [2.45, 2.75) is 25.4 Å². The molecule has 2 bridgehead atoms. The molecule has 8 nitrogen and oxygen atoms in total. The van der Waals surface area contributed by atoms with Gasteiger partial charge in [-0.3, -0.25) is 9.59 Å². The van der Waals surface area contributed by atoms with E-state index in [0.29, 0.717) is 37.4 Å². The number of benzene rings is 2. The van der Waals surface area contributed by atoms with Gasteiger partial charge in [-0.25, -0.2) is 4.79 Å². The first kappa shape index (κ1) is 22.7. The number of amides is 3. The number of hydrogen-bond donors (Lipinski definition) is 2. The van der Waals surface area contributed by atoms with Crippen molar-refractivity contribution in [1.29, 1.82) is 0 Å². The van der Waals surface area contributed by atoms with E-state index in [9.17, 15) is 14.4 Å². The minimum atomic E-state index is -0.263. The highest BCUT2D eigenvalue weighted by atomic mass is 16.5. The number of pyridine rings is 1. The lowest BCUT2D eigenvalue weighted by atomic mass is 9.83. The molecule has 1 aromatic heterocycles. The molecule has 8 heteroatoms. The molecule has 1 saturated heterocycles. The van der Waals surface area contributed by atoms with E-state index in [4.69, 9.17) is 4.74 Å². The van der Waals surface area contributed by atoms with Crippen LogP contribution in [0.2, 0.25) is 0 Å². The second-order valence-electron chi connectivity index (χ2n) is 9.11. The topological polar surface area (TPSA) is 92.7 Å². The highest BCUT2D eigenvalue weighted by Gasteiger charge is 2.36. The fourth-order valence-corrected chi connectivity index (χ4v) is 5.07. The number of carbonyl (C=O) groups is 2. The number of piperidine rings is 1. The number of carbonyl (C=O) groups excluding carboxylic acids is 2. The number of rotatable bonds is 5. The molecular weight excluding hydrogens is 444 g/mol. The monoisotopic (exact) mass is 472 g/mol. The molecule has 0 aliphatic carbocycles. The van der Waals surface area contributed by atoms with E-state index in [0.717, 1.165) is 23.4 Å². The summed E-state index contributed by atoms with van der Waals surface area (Å²) in [6, 6.07) is 19.6. The van der Waals surface area contributed by atoms with Crippen molar-refractivity contribution in [3.05, 3.63) is 93.9 Å². The Morgan fingerprint density at radius 1 is 0.971 bits per heavy atom. The Kier molecular flexibility index (Phi) is 6.27. The standard InChI is InChI=1S/C27H28N4O4/c1-35-21-11-9-18(10-12-21)14-28-26(33)22-5-2-3-6-23(22)29-27(34)30-15-19-13-20(17-30)24-7-4-8-25(32)31(24)16-19/h2-12,19-20H,13-17H2,1H3,(H,28,33)(H,29,34)/t19-,20-/m0/s1. The van der Waals surface area contributed by atoms with Gasteiger partial charge in [-0.05, 0) is 48.2 Å². The van der Waals surface area contributed by atoms with Crippen LogP contribution in [0.1, 0.15) is 34.0 Å². The summed E-state index contributed by atoms with van der Waals surface area (Å²) in [4.78, 5) is 40.2. The van der Waals surface area contributed by atoms with Crippen molar-refractivity contribution in [3.63, 3.8) is 0 Å². The third kappa shape index (κ3) is 4.77. The molecule has 180 valence electrons. The van der Waals surface area contributed by atoms with Crippen LogP contribution in [-0.2, 0) is 13.1 Å². The Morgan fingerprint density at radius 2 is 1.77 bits per heavy atom. The van der Waals surface area contributed by atoms with Gasteiger partial charge in [0.2, 0.25) is 0 Å². The SMILES string of the molecule is COc1ccc(CNC(=O)c2ccccc2NC(=O)N2C[C@@H]3C[C@@H](C2)c2cccc(=O)n2C3)cc1. The van der Waals surface area contributed by atoms with Crippen LogP contribution >= 0.6 is 0 Å². The molecule has 2 atom stereocenters. The number of nitrogens with one attached hydrogen (secondary N) is 2. The second kappa shape index (κ2) is 9.66. The van der Waals surface area contributed by atoms with Crippen LogP contribution in [0.25, 0.3) is 0 Å². The van der Waals surface area contributed by atoms with Crippen molar-refractivity contribution in [2.24, 2.45) is 5.92 Å². The molecule has 5 rings (SSSR count). The number of methoxy groups -OCH3 is 1. The number of likely N-dealkylation sites (tertiary alicyclic amines) is 1. The lowest BCUT2D eigenvalue weighted by molar-refractivity contribution is 0.0951. The van der Waals surface area contributed by atoms with Crippen molar-refractivity contribution >= 4 is 17.6 Å². The van der Waals surface area contributed by atoms with Gasteiger partial charge in [0.1, 0.15) is 5.75 Å². The summed E-state index contributed by atoms with van der Waals surface area (Å²) in [6.07, 6.45) is 0.970. The number of para-hydroxylation sites is 1. The Morgan fingerprint density at radius 3 is 2.57 bits per heavy atom. The summed E-state index contributed by atoms with van der Waals surface area (Å²) >= 11 is 0. The number of nitrogens with zero attached hydrogens (tertiary/aromatic N) is 2. The van der Waals surface area contributed by atoms with Gasteiger partial charge in [-0.2, -0.15) is 0 Å². The zero-order valence-electron chi connectivity index (χ0n) is 19.6. The summed E-state index contributed by atoms with van der Waals surface area (Å²) in [5.41, 5.74) is 2.83. The highest BCUT2D eigenvalue weighted by Crippen LogP contribution is 2.35. The third-order valence-corrected chi connectivity index (χ3v) is 6.79. The average molecular weight is 473 g/mol. The molecule has 2 aromatic carbocycles. The summed E-state index contributed by atoms with van der Waals surface area (Å²) < 4.78 is 7.01. The van der Waals surface area contributed by atoms with E-state index in [1.807, 2.05) is 34.9 Å². The van der Waals surface area contributed by atoms with Gasteiger partial charge in [0.25, 0.3) is 11.5 Å². The molecule has 35 heavy (non-hydrogen) atoms. The Bertz CT molecular complexity index is 1300. The minimum absolute atomic E-state index is 0.0182. The molecule has 0 unspecified atom stereocenters. The zero-order valence-corrected chi connectivity index (χ0v) is 19.6. The van der Waals surface area contributed by atoms with E-state index in [1.165, 1.54) is 0 Å². The number of fused-ring (bicyclic) bond motifs is 4. The van der Waals surface area contributed by atoms with E-state index >= 15 is 0 Å². The summed E-state index contributed by atoms with van der Waals surface area (Å²) in [5.74, 6) is 0.853. The number of hydrogen-bond acceptors (Lipinski definition) is 4. The predicted molar refractivity (Wildman–Crippen MR) is 133 cm³/mol. The number of anilines is 1. The Balaban J connectivity index is 1.26. The molecule has 3 aromatic rings. The first-order valence-corrected chi connectivity index (χ1v) is 11.8. The number of aromatic nitrogens is 1. The van der Waals surface area contributed by atoms with Crippen molar-refractivity contribution < 1.29 is 14.3 Å². The van der Waals surface area contributed by atoms with Crippen LogP contribution in [0.3, 0.4) is 0 Å². The van der Waals surface area contributed by atoms with E-state index in [2.05, 4.69) is 10.6 Å². The molecule has 2 N–H and O–H groups in total. The normalized spacial score (nSPS) is 18.4. The first-order valence-electron chi connectivity index (χ1n) is 11.8. The van der Waals surface area contributed by atoms with Crippen LogP contribution in [0.5, 0.6) is 5.75 Å². The quantitative estimate of drug-likeness (QED) is 0.595. The van der Waals surface area contributed by atoms with Crippen LogP contribution in [0.4, 0.5) is 10.5 Å². The van der Waals surface area contributed by atoms with E-state index in [-0.39, 0.29) is 29.3 Å². The molecule has 0 saturated carbocycles. The van der Waals surface area contributed by atoms with E-state index < -0.39 is 0 Å². The van der Waals surface area contributed by atoms with Gasteiger partial charge in [-0.15, -0.1) is 0 Å². The number of urea groups is 1. The predicted octanol–water partition coefficient (Wildman–Crippen LogP) is 3.44. The Labute approximate surface area is 203 Å². The van der Waals surface area contributed by atoms with E-state index in [1.54, 1.807) is 48.4 Å². The maximum atomic E-state index is 13.2. The van der Waals surface area contributed by atoms with Gasteiger partial charge in [0, 0.05) is 43.9 Å². The molecule has 0 radical (unpaired) electrons. The van der Waals surface area contributed by atoms with Gasteiger partial charge in [-0.1, -0.05) is 30.3 Å². The van der Waals surface area contributed by atoms with Crippen LogP contribution in [-0.4, -0.2) is 41.6 Å². The summed E-state index contributed by atoms with van der Waals surface area (Å²) in [7, 11) is 1.61. The second-order valence-corrected chi connectivity index (χ2v) is 9.11. The van der Waals surface area contributed by atoms with Crippen LogP contribution in [0, 0.1) is 5.92 Å². The molecule has 3 heterocycles. The fraction of sp³-hybridized carbons (Fsp3) is 0.296. The molecule has 2 aliphatic heterocycles. The average Bonchev–Trinajstić information content (AvgIpc) is 2.88. The number of ether oxygens (including phenoxy) is 1. The fourth-order valence-electron chi connectivity index (χ4n) is 5.07. The minimum Gasteiger partial charge on any atom is -0.497 e. The van der Waals surface area contributed by atoms with Crippen molar-refractivity contribution in [2.75, 3.05) is 25.5 Å². The third-order valence-electron chi connectivity index (χ3n) is 6.79. The highest BCUT2D eigenvalue weighted by molar-refractivity contribution is 6.03. The first-order chi connectivity index (χ1) is 17.0. The molecule has 0 spiro atoms. The Hall–Kier alpha value is -4.07. The maximum absolute atomic E-state index is 13.2. The van der Waals surface area contributed by atoms with Gasteiger partial charge in [0.05, 0.1) is 18.4 Å². The largest absolute Gasteiger partial charge is 0.497 e. The smallest absolute Gasteiger partial charge is 0.321 e. The van der Waals surface area contributed by atoms with Crippen molar-refractivity contribution in [3.8, 4) is 5.75 Å². The maximum Gasteiger partial charge on any atom is 0.321 e. The van der Waals surface area contributed by atoms with Crippen molar-refractivity contribution in [1.82, 2.24) is 14.8 Å². The molecule has 3 amide bonds. The van der Waals surface area contributed by atoms with Crippen LogP contribution < -0.4 is 20.9 Å². The zero-order chi connectivity index (χ0) is 24.4. The lowest BCUT2D eigenvalue weighted by Crippen LogP contribution is -2.50. The van der Waals surface area contributed by atoms with Crippen LogP contribution in [0.15, 0.2) is 71.5 Å². The van der Waals surface area contributed by atoms with Gasteiger partial charge < -0.3 is 24.8 Å². The summed E-state index contributed by atoms with van der Waals surface area (Å²) in [5, 5.41) is 5.86. The summed E-state index contributed by atoms with van der Waals surface area (Å²) in [6.45, 7) is 2.10. The molecular formula is C27H28N4O4. The van der Waals surface area contributed by atoms with Gasteiger partial charge in [0.15, 0.2) is 0 Å².